The normalized spacial score (nSPS) is 22.0. The van der Waals surface area contributed by atoms with Crippen molar-refractivity contribution >= 4 is 33.3 Å². The minimum Gasteiger partial charge on any atom is -0.465 e. The van der Waals surface area contributed by atoms with Crippen LogP contribution < -0.4 is 15.6 Å². The van der Waals surface area contributed by atoms with Crippen LogP contribution in [-0.2, 0) is 19.6 Å². The number of carbonyl (C=O) groups is 1. The van der Waals surface area contributed by atoms with E-state index in [-0.39, 0.29) is 13.0 Å². The average molecular weight is 334 g/mol. The lowest BCUT2D eigenvalue weighted by Gasteiger charge is -2.13. The fourth-order valence-electron chi connectivity index (χ4n) is 1.88. The van der Waals surface area contributed by atoms with Gasteiger partial charge in [0.15, 0.2) is 0 Å². The van der Waals surface area contributed by atoms with Crippen LogP contribution in [0.3, 0.4) is 0 Å². The van der Waals surface area contributed by atoms with Gasteiger partial charge in [-0.05, 0) is 31.2 Å². The van der Waals surface area contributed by atoms with Gasteiger partial charge in [0.1, 0.15) is 11.4 Å². The highest BCUT2D eigenvalue weighted by atomic mass is 35.5. The van der Waals surface area contributed by atoms with Crippen molar-refractivity contribution in [3.8, 4) is 0 Å². The summed E-state index contributed by atoms with van der Waals surface area (Å²) in [6.07, 6.45) is 0.0851. The molecule has 1 fully saturated rings. The van der Waals surface area contributed by atoms with Crippen molar-refractivity contribution in [2.24, 2.45) is 0 Å². The van der Waals surface area contributed by atoms with Crippen LogP contribution in [-0.4, -0.2) is 32.4 Å². The Morgan fingerprint density at radius 3 is 2.67 bits per heavy atom. The molecule has 0 amide bonds. The van der Waals surface area contributed by atoms with Crippen LogP contribution >= 0.6 is 11.6 Å². The van der Waals surface area contributed by atoms with E-state index in [9.17, 15) is 13.2 Å². The number of nitrogens with one attached hydrogen (secondary N) is 3. The largest absolute Gasteiger partial charge is 0.465 e. The van der Waals surface area contributed by atoms with Gasteiger partial charge in [0.05, 0.1) is 6.61 Å². The number of hydrazine groups is 1. The van der Waals surface area contributed by atoms with E-state index in [1.165, 1.54) is 0 Å². The molecule has 9 heteroatoms. The highest BCUT2D eigenvalue weighted by molar-refractivity contribution is 7.93. The van der Waals surface area contributed by atoms with Crippen LogP contribution in [0.5, 0.6) is 0 Å². The van der Waals surface area contributed by atoms with Crippen LogP contribution in [0.1, 0.15) is 13.3 Å². The number of ether oxygens (including phenoxy) is 1. The summed E-state index contributed by atoms with van der Waals surface area (Å²) in [6.45, 7) is 1.94. The van der Waals surface area contributed by atoms with Crippen molar-refractivity contribution in [3.63, 3.8) is 0 Å². The van der Waals surface area contributed by atoms with E-state index in [4.69, 9.17) is 16.3 Å². The molecule has 2 unspecified atom stereocenters. The van der Waals surface area contributed by atoms with E-state index in [0.717, 1.165) is 0 Å². The van der Waals surface area contributed by atoms with Crippen molar-refractivity contribution in [1.82, 2.24) is 10.9 Å². The van der Waals surface area contributed by atoms with Gasteiger partial charge in [-0.3, -0.25) is 9.52 Å². The van der Waals surface area contributed by atoms with Crippen LogP contribution in [0.4, 0.5) is 5.69 Å². The summed E-state index contributed by atoms with van der Waals surface area (Å²) in [5.74, 6) is -0.478. The van der Waals surface area contributed by atoms with Gasteiger partial charge in [-0.25, -0.2) is 19.3 Å². The third-order valence-electron chi connectivity index (χ3n) is 2.92. The van der Waals surface area contributed by atoms with Crippen LogP contribution in [0.25, 0.3) is 0 Å². The van der Waals surface area contributed by atoms with Gasteiger partial charge in [0.25, 0.3) is 0 Å². The van der Waals surface area contributed by atoms with E-state index in [1.54, 1.807) is 31.2 Å². The van der Waals surface area contributed by atoms with E-state index in [2.05, 4.69) is 15.6 Å². The van der Waals surface area contributed by atoms with Gasteiger partial charge in [0, 0.05) is 17.1 Å². The Morgan fingerprint density at radius 2 is 2.05 bits per heavy atom. The summed E-state index contributed by atoms with van der Waals surface area (Å²) in [5.41, 5.74) is 5.62. The molecule has 0 saturated carbocycles. The number of esters is 1. The van der Waals surface area contributed by atoms with E-state index >= 15 is 0 Å². The lowest BCUT2D eigenvalue weighted by Crippen LogP contribution is -2.41. The molecule has 1 aromatic carbocycles. The minimum absolute atomic E-state index is 0.0851. The van der Waals surface area contributed by atoms with Gasteiger partial charge in [-0.2, -0.15) is 0 Å². The number of carbonyl (C=O) groups excluding carboxylic acids is 1. The molecule has 2 atom stereocenters. The summed E-state index contributed by atoms with van der Waals surface area (Å²) in [6, 6.07) is 5.61. The first kappa shape index (κ1) is 16.0. The van der Waals surface area contributed by atoms with Crippen LogP contribution in [0.2, 0.25) is 5.02 Å². The first-order valence-electron chi connectivity index (χ1n) is 6.37. The van der Waals surface area contributed by atoms with Gasteiger partial charge >= 0.3 is 5.97 Å². The number of benzene rings is 1. The number of hydrogen-bond donors (Lipinski definition) is 3. The Labute approximate surface area is 128 Å². The zero-order valence-corrected chi connectivity index (χ0v) is 12.9. The third kappa shape index (κ3) is 4.07. The second kappa shape index (κ2) is 6.61. The van der Waals surface area contributed by atoms with Crippen molar-refractivity contribution in [2.45, 2.75) is 24.8 Å². The lowest BCUT2D eigenvalue weighted by atomic mass is 10.2. The molecule has 2 rings (SSSR count). The van der Waals surface area contributed by atoms with Crippen molar-refractivity contribution in [3.05, 3.63) is 29.3 Å². The smallest absolute Gasteiger partial charge is 0.324 e. The molecule has 0 spiro atoms. The van der Waals surface area contributed by atoms with Gasteiger partial charge in [-0.15, -0.1) is 0 Å². The molecular formula is C12H16ClN3O4S. The van der Waals surface area contributed by atoms with Gasteiger partial charge < -0.3 is 4.74 Å². The Bertz CT molecular complexity index is 605. The lowest BCUT2D eigenvalue weighted by molar-refractivity contribution is -0.145. The molecule has 1 saturated heterocycles. The Kier molecular flexibility index (Phi) is 5.04. The topological polar surface area (TPSA) is 96.5 Å². The molecule has 1 heterocycles. The summed E-state index contributed by atoms with van der Waals surface area (Å²) >= 11 is 5.74. The summed E-state index contributed by atoms with van der Waals surface area (Å²) in [7, 11) is -3.68. The summed E-state index contributed by atoms with van der Waals surface area (Å²) in [4.78, 5) is 11.6. The first-order valence-corrected chi connectivity index (χ1v) is 8.29. The molecular weight excluding hydrogens is 318 g/mol. The summed E-state index contributed by atoms with van der Waals surface area (Å²) in [5, 5.41) is -0.413. The highest BCUT2D eigenvalue weighted by Crippen LogP contribution is 2.18. The Balaban J connectivity index is 2.01. The van der Waals surface area contributed by atoms with E-state index in [0.29, 0.717) is 10.7 Å². The second-order valence-electron chi connectivity index (χ2n) is 4.47. The quantitative estimate of drug-likeness (QED) is 0.691. The standard InChI is InChI=1S/C12H16ClN3O4S/c1-2-20-12(17)10-7-11(15-14-10)21(18,19)16-9-5-3-8(13)4-6-9/h3-6,10-11,14-16H,2,7H2,1H3. The van der Waals surface area contributed by atoms with Crippen molar-refractivity contribution in [2.75, 3.05) is 11.3 Å². The molecule has 0 aliphatic carbocycles. The van der Waals surface area contributed by atoms with Crippen LogP contribution in [0, 0.1) is 0 Å². The molecule has 116 valence electrons. The average Bonchev–Trinajstić information content (AvgIpc) is 2.92. The molecule has 1 aliphatic rings. The van der Waals surface area contributed by atoms with Crippen molar-refractivity contribution in [1.29, 1.82) is 0 Å². The zero-order valence-electron chi connectivity index (χ0n) is 11.3. The molecule has 0 aromatic heterocycles. The number of halogens is 1. The number of rotatable bonds is 5. The predicted octanol–water partition coefficient (Wildman–Crippen LogP) is 0.837. The summed E-state index contributed by atoms with van der Waals surface area (Å²) < 4.78 is 31.7. The minimum atomic E-state index is -3.68. The monoisotopic (exact) mass is 333 g/mol. The molecule has 1 aromatic rings. The van der Waals surface area contributed by atoms with Crippen molar-refractivity contribution < 1.29 is 17.9 Å². The molecule has 3 N–H and O–H groups in total. The number of hydrogen-bond acceptors (Lipinski definition) is 6. The molecule has 7 nitrogen and oxygen atoms in total. The first-order chi connectivity index (χ1) is 9.92. The highest BCUT2D eigenvalue weighted by Gasteiger charge is 2.37. The van der Waals surface area contributed by atoms with Crippen LogP contribution in [0.15, 0.2) is 24.3 Å². The van der Waals surface area contributed by atoms with Gasteiger partial charge in [-0.1, -0.05) is 11.6 Å². The Hall–Kier alpha value is -1.35. The van der Waals surface area contributed by atoms with Gasteiger partial charge in [0.2, 0.25) is 10.0 Å². The number of sulfonamides is 1. The Morgan fingerprint density at radius 1 is 1.38 bits per heavy atom. The molecule has 0 bridgehead atoms. The fourth-order valence-corrected chi connectivity index (χ4v) is 3.28. The maximum absolute atomic E-state index is 12.2. The zero-order chi connectivity index (χ0) is 15.5. The van der Waals surface area contributed by atoms with E-state index < -0.39 is 27.4 Å². The fraction of sp³-hybridized carbons (Fsp3) is 0.417. The molecule has 0 radical (unpaired) electrons. The number of anilines is 1. The maximum atomic E-state index is 12.2. The van der Waals surface area contributed by atoms with E-state index in [1.807, 2.05) is 0 Å². The maximum Gasteiger partial charge on any atom is 0.324 e. The SMILES string of the molecule is CCOC(=O)C1CC(S(=O)(=O)Nc2ccc(Cl)cc2)NN1. The third-order valence-corrected chi connectivity index (χ3v) is 4.75. The molecule has 1 aliphatic heterocycles. The predicted molar refractivity (Wildman–Crippen MR) is 79.1 cm³/mol. The molecule has 21 heavy (non-hydrogen) atoms. The second-order valence-corrected chi connectivity index (χ2v) is 6.77.